The van der Waals surface area contributed by atoms with Crippen LogP contribution in [0.15, 0.2) is 53.2 Å². The lowest BCUT2D eigenvalue weighted by molar-refractivity contribution is 0.201. The molecule has 1 aliphatic carbocycles. The van der Waals surface area contributed by atoms with E-state index in [0.29, 0.717) is 6.04 Å². The number of hydrogen-bond acceptors (Lipinski definition) is 4. The van der Waals surface area contributed by atoms with Crippen molar-refractivity contribution in [3.8, 4) is 0 Å². The molecule has 1 aromatic heterocycles. The fraction of sp³-hybridized carbons (Fsp3) is 0.381. The Kier molecular flexibility index (Phi) is 4.73. The van der Waals surface area contributed by atoms with Crippen LogP contribution in [0.4, 0.5) is 0 Å². The van der Waals surface area contributed by atoms with Crippen LogP contribution in [0.2, 0.25) is 0 Å². The fourth-order valence-corrected chi connectivity index (χ4v) is 4.75. The second-order valence-corrected chi connectivity index (χ2v) is 7.75. The number of hydrazone groups is 1. The van der Waals surface area contributed by atoms with Gasteiger partial charge in [0, 0.05) is 29.1 Å². The predicted octanol–water partition coefficient (Wildman–Crippen LogP) is 4.63. The molecule has 1 aromatic carbocycles. The fourth-order valence-electron chi connectivity index (χ4n) is 3.65. The molecule has 0 saturated heterocycles. The number of rotatable bonds is 6. The van der Waals surface area contributed by atoms with Gasteiger partial charge in [0.05, 0.1) is 12.3 Å². The van der Waals surface area contributed by atoms with E-state index in [1.807, 2.05) is 17.6 Å². The van der Waals surface area contributed by atoms with Gasteiger partial charge in [0.2, 0.25) is 0 Å². The van der Waals surface area contributed by atoms with Gasteiger partial charge in [-0.1, -0.05) is 44.2 Å². The van der Waals surface area contributed by atoms with E-state index in [-0.39, 0.29) is 0 Å². The van der Waals surface area contributed by atoms with Crippen LogP contribution in [0.3, 0.4) is 0 Å². The number of allylic oxidation sites excluding steroid dienone is 2. The third kappa shape index (κ3) is 3.29. The van der Waals surface area contributed by atoms with E-state index in [1.54, 1.807) is 0 Å². The zero-order valence-corrected chi connectivity index (χ0v) is 15.8. The SMILES string of the molecule is CCN(CC)CCN1N=CC2=CC=C(c3cc4ccccc4s3)CC21. The summed E-state index contributed by atoms with van der Waals surface area (Å²) in [5.74, 6) is 0. The predicted molar refractivity (Wildman–Crippen MR) is 109 cm³/mol. The molecule has 2 aliphatic rings. The first kappa shape index (κ1) is 16.6. The van der Waals surface area contributed by atoms with Crippen molar-refractivity contribution in [2.45, 2.75) is 26.3 Å². The Labute approximate surface area is 153 Å². The highest BCUT2D eigenvalue weighted by molar-refractivity contribution is 7.20. The van der Waals surface area contributed by atoms with Crippen molar-refractivity contribution in [3.63, 3.8) is 0 Å². The van der Waals surface area contributed by atoms with E-state index >= 15 is 0 Å². The number of nitrogens with zero attached hydrogens (tertiary/aromatic N) is 3. The summed E-state index contributed by atoms with van der Waals surface area (Å²) in [5, 5.41) is 8.30. The van der Waals surface area contributed by atoms with E-state index in [0.717, 1.165) is 32.6 Å². The smallest absolute Gasteiger partial charge is 0.0776 e. The van der Waals surface area contributed by atoms with Crippen LogP contribution in [0.25, 0.3) is 15.7 Å². The number of fused-ring (bicyclic) bond motifs is 2. The first-order valence-corrected chi connectivity index (χ1v) is 10.0. The standard InChI is InChI=1S/C21H25N3S/c1-3-23(4-2)11-12-24-19-13-17(9-10-18(19)15-22-24)21-14-16-7-5-6-8-20(16)25-21/h5-10,14-15,19H,3-4,11-13H2,1-2H3. The second kappa shape index (κ2) is 7.14. The summed E-state index contributed by atoms with van der Waals surface area (Å²) in [7, 11) is 0. The minimum Gasteiger partial charge on any atom is -0.302 e. The molecule has 1 aliphatic heterocycles. The lowest BCUT2D eigenvalue weighted by Crippen LogP contribution is -2.37. The Balaban J connectivity index is 1.50. The van der Waals surface area contributed by atoms with Crippen molar-refractivity contribution in [3.05, 3.63) is 52.9 Å². The molecule has 1 atom stereocenters. The van der Waals surface area contributed by atoms with E-state index in [9.17, 15) is 0 Å². The van der Waals surface area contributed by atoms with Gasteiger partial charge in [0.15, 0.2) is 0 Å². The maximum absolute atomic E-state index is 4.68. The van der Waals surface area contributed by atoms with Gasteiger partial charge in [-0.15, -0.1) is 11.3 Å². The maximum atomic E-state index is 4.68. The van der Waals surface area contributed by atoms with Crippen molar-refractivity contribution in [2.75, 3.05) is 26.2 Å². The average molecular weight is 352 g/mol. The average Bonchev–Trinajstić information content (AvgIpc) is 3.26. The van der Waals surface area contributed by atoms with Crippen LogP contribution in [0, 0.1) is 0 Å². The van der Waals surface area contributed by atoms with E-state index in [4.69, 9.17) is 0 Å². The molecule has 0 saturated carbocycles. The van der Waals surface area contributed by atoms with Crippen LogP contribution in [0.5, 0.6) is 0 Å². The molecular formula is C21H25N3S. The van der Waals surface area contributed by atoms with Gasteiger partial charge in [-0.25, -0.2) is 0 Å². The molecule has 3 nitrogen and oxygen atoms in total. The maximum Gasteiger partial charge on any atom is 0.0776 e. The number of benzene rings is 1. The molecule has 0 bridgehead atoms. The van der Waals surface area contributed by atoms with Crippen LogP contribution in [-0.4, -0.2) is 48.3 Å². The summed E-state index contributed by atoms with van der Waals surface area (Å²) in [5.41, 5.74) is 2.79. The molecule has 25 heavy (non-hydrogen) atoms. The first-order chi connectivity index (χ1) is 12.3. The van der Waals surface area contributed by atoms with Gasteiger partial charge in [-0.3, -0.25) is 5.01 Å². The van der Waals surface area contributed by atoms with Gasteiger partial charge >= 0.3 is 0 Å². The zero-order chi connectivity index (χ0) is 17.2. The molecule has 2 heterocycles. The number of likely N-dealkylation sites (N-methyl/N-ethyl adjacent to an activating group) is 1. The minimum absolute atomic E-state index is 0.403. The van der Waals surface area contributed by atoms with Crippen LogP contribution < -0.4 is 0 Å². The zero-order valence-electron chi connectivity index (χ0n) is 15.0. The third-order valence-electron chi connectivity index (χ3n) is 5.27. The second-order valence-electron chi connectivity index (χ2n) is 6.66. The van der Waals surface area contributed by atoms with Crippen molar-refractivity contribution in [2.24, 2.45) is 5.10 Å². The summed E-state index contributed by atoms with van der Waals surface area (Å²) in [4.78, 5) is 3.86. The van der Waals surface area contributed by atoms with Crippen LogP contribution >= 0.6 is 11.3 Å². The Morgan fingerprint density at radius 3 is 2.84 bits per heavy atom. The normalized spacial score (nSPS) is 19.5. The van der Waals surface area contributed by atoms with Crippen LogP contribution in [-0.2, 0) is 0 Å². The van der Waals surface area contributed by atoms with Gasteiger partial charge in [-0.2, -0.15) is 5.10 Å². The van der Waals surface area contributed by atoms with Crippen molar-refractivity contribution >= 4 is 33.2 Å². The Morgan fingerprint density at radius 1 is 1.20 bits per heavy atom. The topological polar surface area (TPSA) is 18.8 Å². The molecule has 1 unspecified atom stereocenters. The van der Waals surface area contributed by atoms with Gasteiger partial charge in [-0.05, 0) is 41.8 Å². The summed E-state index contributed by atoms with van der Waals surface area (Å²) in [6.07, 6.45) is 7.65. The van der Waals surface area contributed by atoms with Crippen molar-refractivity contribution < 1.29 is 0 Å². The largest absolute Gasteiger partial charge is 0.302 e. The summed E-state index contributed by atoms with van der Waals surface area (Å²) in [6.45, 7) is 8.74. The van der Waals surface area contributed by atoms with Gasteiger partial charge in [0.25, 0.3) is 0 Å². The van der Waals surface area contributed by atoms with E-state index < -0.39 is 0 Å². The molecule has 4 heteroatoms. The number of thiophene rings is 1. The monoisotopic (exact) mass is 351 g/mol. The van der Waals surface area contributed by atoms with Gasteiger partial charge < -0.3 is 4.90 Å². The third-order valence-corrected chi connectivity index (χ3v) is 6.46. The van der Waals surface area contributed by atoms with Crippen molar-refractivity contribution in [1.29, 1.82) is 0 Å². The molecule has 0 N–H and O–H groups in total. The Morgan fingerprint density at radius 2 is 2.04 bits per heavy atom. The number of hydrogen-bond donors (Lipinski definition) is 0. The summed E-state index contributed by atoms with van der Waals surface area (Å²) >= 11 is 1.90. The molecule has 0 fully saturated rings. The van der Waals surface area contributed by atoms with Crippen LogP contribution in [0.1, 0.15) is 25.1 Å². The molecule has 0 spiro atoms. The first-order valence-electron chi connectivity index (χ1n) is 9.21. The molecule has 0 radical (unpaired) electrons. The van der Waals surface area contributed by atoms with E-state index in [2.05, 4.69) is 71.3 Å². The van der Waals surface area contributed by atoms with Crippen molar-refractivity contribution in [1.82, 2.24) is 9.91 Å². The summed E-state index contributed by atoms with van der Waals surface area (Å²) < 4.78 is 1.37. The summed E-state index contributed by atoms with van der Waals surface area (Å²) in [6, 6.07) is 11.4. The lowest BCUT2D eigenvalue weighted by Gasteiger charge is -2.29. The lowest BCUT2D eigenvalue weighted by atomic mass is 9.93. The molecule has 0 amide bonds. The highest BCUT2D eigenvalue weighted by atomic mass is 32.1. The highest BCUT2D eigenvalue weighted by Gasteiger charge is 2.29. The minimum atomic E-state index is 0.403. The molecule has 130 valence electrons. The molecule has 2 aromatic rings. The molecular weight excluding hydrogens is 326 g/mol. The molecule has 4 rings (SSSR count). The quantitative estimate of drug-likeness (QED) is 0.756. The van der Waals surface area contributed by atoms with E-state index in [1.165, 1.54) is 26.1 Å². The Hall–Kier alpha value is -1.91. The Bertz CT molecular complexity index is 809. The highest BCUT2D eigenvalue weighted by Crippen LogP contribution is 2.37. The van der Waals surface area contributed by atoms with Gasteiger partial charge in [0.1, 0.15) is 0 Å².